The van der Waals surface area contributed by atoms with E-state index < -0.39 is 16.0 Å². The first kappa shape index (κ1) is 18.5. The molecular formula is C16H17N5O5S. The van der Waals surface area contributed by atoms with Crippen LogP contribution in [0.3, 0.4) is 0 Å². The second-order valence-corrected chi connectivity index (χ2v) is 7.34. The standard InChI is InChI=1S/C16H17N5O5S/c1-25-13(22)7-9-27(23,24)21-10-2-4-11(5-3-10)26-15-12-6-8-18-14(12)19-16(17)20-15/h2-6,8,21H,7,9H2,1H3,(H3,17,18,19,20). The molecule has 0 spiro atoms. The summed E-state index contributed by atoms with van der Waals surface area (Å²) in [5, 5.41) is 0.664. The van der Waals surface area contributed by atoms with Gasteiger partial charge in [0, 0.05) is 11.9 Å². The Morgan fingerprint density at radius 1 is 1.22 bits per heavy atom. The van der Waals surface area contributed by atoms with Crippen LogP contribution in [0.5, 0.6) is 11.6 Å². The molecule has 2 aromatic heterocycles. The molecule has 11 heteroatoms. The highest BCUT2D eigenvalue weighted by Gasteiger charge is 2.14. The smallest absolute Gasteiger partial charge is 0.306 e. The van der Waals surface area contributed by atoms with E-state index in [0.717, 1.165) is 0 Å². The van der Waals surface area contributed by atoms with Crippen molar-refractivity contribution >= 4 is 38.7 Å². The first-order valence-electron chi connectivity index (χ1n) is 7.82. The number of anilines is 2. The van der Waals surface area contributed by atoms with Crippen LogP contribution in [0.2, 0.25) is 0 Å². The molecule has 10 nitrogen and oxygen atoms in total. The number of fused-ring (bicyclic) bond motifs is 1. The summed E-state index contributed by atoms with van der Waals surface area (Å²) in [5.74, 6) is -0.179. The fourth-order valence-electron chi connectivity index (χ4n) is 2.26. The minimum atomic E-state index is -3.67. The van der Waals surface area contributed by atoms with Gasteiger partial charge in [0.15, 0.2) is 0 Å². The number of nitrogens with one attached hydrogen (secondary N) is 2. The molecule has 0 aliphatic rings. The molecule has 0 saturated carbocycles. The molecule has 1 aromatic carbocycles. The highest BCUT2D eigenvalue weighted by molar-refractivity contribution is 7.92. The number of methoxy groups -OCH3 is 1. The summed E-state index contributed by atoms with van der Waals surface area (Å²) in [4.78, 5) is 22.1. The third-order valence-corrected chi connectivity index (χ3v) is 4.83. The molecular weight excluding hydrogens is 374 g/mol. The molecule has 0 radical (unpaired) electrons. The summed E-state index contributed by atoms with van der Waals surface area (Å²) in [6.45, 7) is 0. The van der Waals surface area contributed by atoms with Crippen molar-refractivity contribution < 1.29 is 22.7 Å². The van der Waals surface area contributed by atoms with Gasteiger partial charge in [0.05, 0.1) is 24.7 Å². The minimum absolute atomic E-state index is 0.0648. The predicted octanol–water partition coefficient (Wildman–Crippen LogP) is 1.64. The summed E-state index contributed by atoms with van der Waals surface area (Å²) in [7, 11) is -2.47. The lowest BCUT2D eigenvalue weighted by atomic mass is 10.3. The van der Waals surface area contributed by atoms with Gasteiger partial charge in [-0.1, -0.05) is 0 Å². The van der Waals surface area contributed by atoms with Gasteiger partial charge in [-0.2, -0.15) is 9.97 Å². The summed E-state index contributed by atoms with van der Waals surface area (Å²) in [6, 6.07) is 7.98. The van der Waals surface area contributed by atoms with Gasteiger partial charge in [-0.15, -0.1) is 0 Å². The van der Waals surface area contributed by atoms with Crippen LogP contribution in [0.25, 0.3) is 11.0 Å². The number of nitrogen functional groups attached to an aromatic ring is 1. The van der Waals surface area contributed by atoms with Gasteiger partial charge < -0.3 is 20.2 Å². The fourth-order valence-corrected chi connectivity index (χ4v) is 3.29. The number of esters is 1. The number of carbonyl (C=O) groups is 1. The Hall–Kier alpha value is -3.34. The Balaban J connectivity index is 1.70. The predicted molar refractivity (Wildman–Crippen MR) is 98.9 cm³/mol. The number of hydrogen-bond donors (Lipinski definition) is 3. The van der Waals surface area contributed by atoms with Crippen molar-refractivity contribution in [2.24, 2.45) is 0 Å². The van der Waals surface area contributed by atoms with Crippen molar-refractivity contribution in [3.8, 4) is 11.6 Å². The zero-order valence-corrected chi connectivity index (χ0v) is 15.1. The molecule has 2 heterocycles. The van der Waals surface area contributed by atoms with E-state index in [9.17, 15) is 13.2 Å². The Morgan fingerprint density at radius 3 is 2.67 bits per heavy atom. The molecule has 0 aliphatic carbocycles. The van der Waals surface area contributed by atoms with E-state index >= 15 is 0 Å². The van der Waals surface area contributed by atoms with Crippen LogP contribution in [0.15, 0.2) is 36.5 Å². The Bertz CT molecular complexity index is 1060. The number of nitrogens with two attached hydrogens (primary N) is 1. The number of aromatic amines is 1. The number of aromatic nitrogens is 3. The molecule has 0 unspecified atom stereocenters. The topological polar surface area (TPSA) is 149 Å². The summed E-state index contributed by atoms with van der Waals surface area (Å²) < 4.78 is 36.5. The SMILES string of the molecule is COC(=O)CCS(=O)(=O)Nc1ccc(Oc2nc(N)nc3[nH]ccc23)cc1. The molecule has 4 N–H and O–H groups in total. The molecule has 142 valence electrons. The van der Waals surface area contributed by atoms with Crippen LogP contribution in [0, 0.1) is 0 Å². The second-order valence-electron chi connectivity index (χ2n) is 5.50. The van der Waals surface area contributed by atoms with Crippen molar-refractivity contribution in [2.45, 2.75) is 6.42 Å². The lowest BCUT2D eigenvalue weighted by Gasteiger charge is -2.09. The molecule has 3 aromatic rings. The average molecular weight is 391 g/mol. The molecule has 0 fully saturated rings. The van der Waals surface area contributed by atoms with Gasteiger partial charge in [-0.3, -0.25) is 9.52 Å². The van der Waals surface area contributed by atoms with Crippen molar-refractivity contribution in [1.82, 2.24) is 15.0 Å². The van der Waals surface area contributed by atoms with Crippen molar-refractivity contribution in [1.29, 1.82) is 0 Å². The van der Waals surface area contributed by atoms with Crippen LogP contribution in [0.4, 0.5) is 11.6 Å². The molecule has 0 bridgehead atoms. The highest BCUT2D eigenvalue weighted by atomic mass is 32.2. The minimum Gasteiger partial charge on any atom is -0.469 e. The Morgan fingerprint density at radius 2 is 1.96 bits per heavy atom. The van der Waals surface area contributed by atoms with Crippen LogP contribution in [0.1, 0.15) is 6.42 Å². The van der Waals surface area contributed by atoms with Gasteiger partial charge in [0.25, 0.3) is 0 Å². The maximum atomic E-state index is 12.0. The Kier molecular flexibility index (Phi) is 5.12. The van der Waals surface area contributed by atoms with E-state index in [1.807, 2.05) is 0 Å². The van der Waals surface area contributed by atoms with E-state index in [-0.39, 0.29) is 24.0 Å². The second kappa shape index (κ2) is 7.50. The maximum Gasteiger partial charge on any atom is 0.306 e. The van der Waals surface area contributed by atoms with Crippen LogP contribution < -0.4 is 15.2 Å². The monoisotopic (exact) mass is 391 g/mol. The summed E-state index contributed by atoms with van der Waals surface area (Å²) in [6.07, 6.45) is 1.46. The number of carbonyl (C=O) groups excluding carboxylic acids is 1. The number of sulfonamides is 1. The van der Waals surface area contributed by atoms with Crippen molar-refractivity contribution in [3.63, 3.8) is 0 Å². The molecule has 0 saturated heterocycles. The number of H-pyrrole nitrogens is 1. The first-order chi connectivity index (χ1) is 12.9. The van der Waals surface area contributed by atoms with E-state index in [1.165, 1.54) is 19.2 Å². The molecule has 3 rings (SSSR count). The van der Waals surface area contributed by atoms with Crippen molar-refractivity contribution in [3.05, 3.63) is 36.5 Å². The van der Waals surface area contributed by atoms with Gasteiger partial charge in [0.2, 0.25) is 21.9 Å². The number of ether oxygens (including phenoxy) is 2. The molecule has 0 atom stereocenters. The number of rotatable bonds is 7. The van der Waals surface area contributed by atoms with Gasteiger partial charge in [-0.05, 0) is 30.3 Å². The highest BCUT2D eigenvalue weighted by Crippen LogP contribution is 2.28. The number of hydrogen-bond acceptors (Lipinski definition) is 8. The van der Waals surface area contributed by atoms with Gasteiger partial charge >= 0.3 is 5.97 Å². The third-order valence-electron chi connectivity index (χ3n) is 3.54. The first-order valence-corrected chi connectivity index (χ1v) is 9.47. The van der Waals surface area contributed by atoms with Gasteiger partial charge in [0.1, 0.15) is 11.4 Å². The molecule has 0 aliphatic heterocycles. The number of benzene rings is 1. The normalized spacial score (nSPS) is 11.3. The summed E-state index contributed by atoms with van der Waals surface area (Å²) >= 11 is 0. The number of nitrogens with zero attached hydrogens (tertiary/aromatic N) is 2. The largest absolute Gasteiger partial charge is 0.469 e. The molecule has 0 amide bonds. The fraction of sp³-hybridized carbons (Fsp3) is 0.188. The average Bonchev–Trinajstić information content (AvgIpc) is 3.09. The lowest BCUT2D eigenvalue weighted by molar-refractivity contribution is -0.140. The van der Waals surface area contributed by atoms with E-state index in [1.54, 1.807) is 24.4 Å². The van der Waals surface area contributed by atoms with E-state index in [4.69, 9.17) is 10.5 Å². The van der Waals surface area contributed by atoms with Crippen LogP contribution in [-0.4, -0.2) is 42.2 Å². The summed E-state index contributed by atoms with van der Waals surface area (Å²) in [5.41, 5.74) is 6.54. The van der Waals surface area contributed by atoms with E-state index in [2.05, 4.69) is 24.4 Å². The van der Waals surface area contributed by atoms with Crippen LogP contribution in [-0.2, 0) is 19.6 Å². The van der Waals surface area contributed by atoms with Crippen LogP contribution >= 0.6 is 0 Å². The van der Waals surface area contributed by atoms with E-state index in [0.29, 0.717) is 22.5 Å². The van der Waals surface area contributed by atoms with Crippen molar-refractivity contribution in [2.75, 3.05) is 23.3 Å². The van der Waals surface area contributed by atoms with Gasteiger partial charge in [-0.25, -0.2) is 8.42 Å². The maximum absolute atomic E-state index is 12.0. The Labute approximate surface area is 154 Å². The quantitative estimate of drug-likeness (QED) is 0.515. The lowest BCUT2D eigenvalue weighted by Crippen LogP contribution is -2.19. The zero-order valence-electron chi connectivity index (χ0n) is 14.3. The third kappa shape index (κ3) is 4.64. The zero-order chi connectivity index (χ0) is 19.4. The molecule has 27 heavy (non-hydrogen) atoms.